The first-order valence-electron chi connectivity index (χ1n) is 8.24. The van der Waals surface area contributed by atoms with Gasteiger partial charge in [-0.2, -0.15) is 0 Å². The third kappa shape index (κ3) is 5.30. The third-order valence-electron chi connectivity index (χ3n) is 4.37. The van der Waals surface area contributed by atoms with Gasteiger partial charge in [0.05, 0.1) is 23.7 Å². The Hall–Kier alpha value is -0.870. The fraction of sp³-hybridized carbons (Fsp3) is 0.588. The molecule has 1 fully saturated rings. The molecule has 25 heavy (non-hydrogen) atoms. The van der Waals surface area contributed by atoms with Gasteiger partial charge in [-0.3, -0.25) is 0 Å². The van der Waals surface area contributed by atoms with Crippen molar-refractivity contribution in [1.29, 1.82) is 0 Å². The molecule has 0 amide bonds. The molecule has 0 aliphatic carbocycles. The number of sulfone groups is 1. The average molecular weight is 481 g/mol. The SMILES string of the molecule is CCNC(=NCc1ccccc1CO)N1CCS(=O)(=O)C(C)(C)C1.I. The lowest BCUT2D eigenvalue weighted by Gasteiger charge is -2.39. The van der Waals surface area contributed by atoms with Crippen molar-refractivity contribution in [1.82, 2.24) is 10.2 Å². The van der Waals surface area contributed by atoms with E-state index < -0.39 is 14.6 Å². The predicted molar refractivity (Wildman–Crippen MR) is 112 cm³/mol. The Morgan fingerprint density at radius 3 is 2.52 bits per heavy atom. The number of aliphatic hydroxyl groups excluding tert-OH is 1. The molecule has 1 aromatic carbocycles. The van der Waals surface area contributed by atoms with Gasteiger partial charge in [0.15, 0.2) is 15.8 Å². The van der Waals surface area contributed by atoms with Gasteiger partial charge in [0, 0.05) is 19.6 Å². The molecule has 1 aromatic rings. The van der Waals surface area contributed by atoms with E-state index in [1.807, 2.05) is 36.1 Å². The highest BCUT2D eigenvalue weighted by Crippen LogP contribution is 2.24. The zero-order valence-electron chi connectivity index (χ0n) is 15.0. The van der Waals surface area contributed by atoms with E-state index in [1.165, 1.54) is 0 Å². The summed E-state index contributed by atoms with van der Waals surface area (Å²) >= 11 is 0. The number of hydrogen-bond donors (Lipinski definition) is 2. The topological polar surface area (TPSA) is 82.0 Å². The number of rotatable bonds is 4. The van der Waals surface area contributed by atoms with Crippen molar-refractivity contribution >= 4 is 39.8 Å². The van der Waals surface area contributed by atoms with Crippen LogP contribution in [0.4, 0.5) is 0 Å². The van der Waals surface area contributed by atoms with Crippen molar-refractivity contribution in [2.75, 3.05) is 25.4 Å². The number of benzene rings is 1. The average Bonchev–Trinajstić information content (AvgIpc) is 2.54. The molecule has 2 N–H and O–H groups in total. The number of hydrogen-bond acceptors (Lipinski definition) is 4. The van der Waals surface area contributed by atoms with Gasteiger partial charge in [-0.25, -0.2) is 13.4 Å². The molecule has 0 radical (unpaired) electrons. The monoisotopic (exact) mass is 481 g/mol. The van der Waals surface area contributed by atoms with E-state index in [9.17, 15) is 13.5 Å². The molecule has 0 aromatic heterocycles. The number of nitrogens with zero attached hydrogens (tertiary/aromatic N) is 2. The molecule has 1 saturated heterocycles. The molecule has 142 valence electrons. The van der Waals surface area contributed by atoms with E-state index in [0.29, 0.717) is 32.1 Å². The number of halogens is 1. The summed E-state index contributed by atoms with van der Waals surface area (Å²) in [5, 5.41) is 12.7. The summed E-state index contributed by atoms with van der Waals surface area (Å²) in [5.74, 6) is 0.852. The molecule has 0 bridgehead atoms. The number of nitrogens with one attached hydrogen (secondary N) is 1. The Morgan fingerprint density at radius 2 is 1.96 bits per heavy atom. The molecule has 6 nitrogen and oxygen atoms in total. The standard InChI is InChI=1S/C17H27N3O3S.HI/c1-4-18-16(19-11-14-7-5-6-8-15(14)12-21)20-9-10-24(22,23)17(2,3)13-20;/h5-8,21H,4,9-13H2,1-3H3,(H,18,19);1H. The lowest BCUT2D eigenvalue weighted by molar-refractivity contribution is 0.280. The van der Waals surface area contributed by atoms with Gasteiger partial charge in [0.2, 0.25) is 0 Å². The lowest BCUT2D eigenvalue weighted by atomic mass is 10.1. The van der Waals surface area contributed by atoms with Crippen LogP contribution in [0.15, 0.2) is 29.3 Å². The lowest BCUT2D eigenvalue weighted by Crippen LogP contribution is -2.57. The van der Waals surface area contributed by atoms with Gasteiger partial charge in [-0.15, -0.1) is 24.0 Å². The summed E-state index contributed by atoms with van der Waals surface area (Å²) < 4.78 is 23.6. The molecular formula is C17H28IN3O3S. The van der Waals surface area contributed by atoms with Gasteiger partial charge in [0.1, 0.15) is 0 Å². The zero-order valence-corrected chi connectivity index (χ0v) is 18.2. The molecule has 1 aliphatic heterocycles. The fourth-order valence-electron chi connectivity index (χ4n) is 2.78. The van der Waals surface area contributed by atoms with E-state index in [4.69, 9.17) is 0 Å². The quantitative estimate of drug-likeness (QED) is 0.389. The molecule has 1 aliphatic rings. The maximum Gasteiger partial charge on any atom is 0.194 e. The van der Waals surface area contributed by atoms with E-state index in [2.05, 4.69) is 10.3 Å². The molecule has 0 saturated carbocycles. The minimum atomic E-state index is -3.08. The Kier molecular flexibility index (Phi) is 8.14. The van der Waals surface area contributed by atoms with Crippen molar-refractivity contribution in [3.05, 3.63) is 35.4 Å². The van der Waals surface area contributed by atoms with Crippen molar-refractivity contribution < 1.29 is 13.5 Å². The van der Waals surface area contributed by atoms with Gasteiger partial charge < -0.3 is 15.3 Å². The highest BCUT2D eigenvalue weighted by molar-refractivity contribution is 14.0. The second kappa shape index (κ2) is 9.18. The van der Waals surface area contributed by atoms with Crippen molar-refractivity contribution in [2.45, 2.75) is 38.7 Å². The Labute approximate surface area is 167 Å². The smallest absolute Gasteiger partial charge is 0.194 e. The van der Waals surface area contributed by atoms with E-state index in [0.717, 1.165) is 11.1 Å². The van der Waals surface area contributed by atoms with Crippen LogP contribution in [0, 0.1) is 0 Å². The first-order valence-corrected chi connectivity index (χ1v) is 9.89. The van der Waals surface area contributed by atoms with Gasteiger partial charge in [-0.1, -0.05) is 24.3 Å². The van der Waals surface area contributed by atoms with Crippen molar-refractivity contribution in [3.63, 3.8) is 0 Å². The summed E-state index contributed by atoms with van der Waals surface area (Å²) in [7, 11) is -3.08. The second-order valence-electron chi connectivity index (χ2n) is 6.60. The molecule has 0 spiro atoms. The summed E-state index contributed by atoms with van der Waals surface area (Å²) in [5.41, 5.74) is 1.83. The summed E-state index contributed by atoms with van der Waals surface area (Å²) in [4.78, 5) is 6.66. The molecule has 1 heterocycles. The summed E-state index contributed by atoms with van der Waals surface area (Å²) in [6, 6.07) is 7.65. The number of aliphatic hydroxyl groups is 1. The fourth-order valence-corrected chi connectivity index (χ4v) is 4.14. The highest BCUT2D eigenvalue weighted by Gasteiger charge is 2.40. The number of guanidine groups is 1. The van der Waals surface area contributed by atoms with Crippen LogP contribution in [-0.2, 0) is 23.0 Å². The van der Waals surface area contributed by atoms with E-state index in [-0.39, 0.29) is 36.3 Å². The maximum atomic E-state index is 12.2. The first-order chi connectivity index (χ1) is 11.3. The highest BCUT2D eigenvalue weighted by atomic mass is 127. The van der Waals surface area contributed by atoms with Gasteiger partial charge >= 0.3 is 0 Å². The van der Waals surface area contributed by atoms with Crippen molar-refractivity contribution in [3.8, 4) is 0 Å². The van der Waals surface area contributed by atoms with Gasteiger partial charge in [0.25, 0.3) is 0 Å². The van der Waals surface area contributed by atoms with Crippen LogP contribution in [0.25, 0.3) is 0 Å². The second-order valence-corrected chi connectivity index (χ2v) is 9.34. The van der Waals surface area contributed by atoms with Crippen LogP contribution < -0.4 is 5.32 Å². The molecule has 0 unspecified atom stereocenters. The molecular weight excluding hydrogens is 453 g/mol. The Balaban J connectivity index is 0.00000312. The third-order valence-corrected chi connectivity index (χ3v) is 6.90. The van der Waals surface area contributed by atoms with Crippen LogP contribution in [0.2, 0.25) is 0 Å². The number of aliphatic imine (C=N–C) groups is 1. The van der Waals surface area contributed by atoms with E-state index in [1.54, 1.807) is 13.8 Å². The first kappa shape index (κ1) is 22.2. The van der Waals surface area contributed by atoms with Crippen LogP contribution in [0.1, 0.15) is 31.9 Å². The van der Waals surface area contributed by atoms with Gasteiger partial charge in [-0.05, 0) is 31.9 Å². The molecule has 0 atom stereocenters. The van der Waals surface area contributed by atoms with Crippen LogP contribution in [0.3, 0.4) is 0 Å². The zero-order chi connectivity index (χ0) is 17.8. The largest absolute Gasteiger partial charge is 0.392 e. The minimum absolute atomic E-state index is 0. The van der Waals surface area contributed by atoms with Crippen LogP contribution in [-0.4, -0.2) is 54.5 Å². The molecule has 8 heteroatoms. The summed E-state index contributed by atoms with van der Waals surface area (Å²) in [6.45, 7) is 7.52. The molecule has 2 rings (SSSR count). The van der Waals surface area contributed by atoms with E-state index >= 15 is 0 Å². The maximum absolute atomic E-state index is 12.2. The predicted octanol–water partition coefficient (Wildman–Crippen LogP) is 1.77. The normalized spacial score (nSPS) is 19.2. The minimum Gasteiger partial charge on any atom is -0.392 e. The summed E-state index contributed by atoms with van der Waals surface area (Å²) in [6.07, 6.45) is 0. The Morgan fingerprint density at radius 1 is 1.32 bits per heavy atom. The van der Waals surface area contributed by atoms with Crippen LogP contribution in [0.5, 0.6) is 0 Å². The Bertz CT molecular complexity index is 705. The van der Waals surface area contributed by atoms with Crippen LogP contribution >= 0.6 is 24.0 Å². The van der Waals surface area contributed by atoms with Crippen molar-refractivity contribution in [2.24, 2.45) is 4.99 Å².